The number of carbonyl (C=O) groups is 1. The molecule has 0 radical (unpaired) electrons. The van der Waals surface area contributed by atoms with Crippen LogP contribution in [-0.2, 0) is 10.0 Å². The molecule has 0 aromatic heterocycles. The van der Waals surface area contributed by atoms with Crippen LogP contribution >= 0.6 is 0 Å². The van der Waals surface area contributed by atoms with Gasteiger partial charge >= 0.3 is 0 Å². The van der Waals surface area contributed by atoms with Gasteiger partial charge in [0.05, 0.1) is 19.1 Å². The second kappa shape index (κ2) is 8.73. The zero-order valence-electron chi connectivity index (χ0n) is 17.0. The van der Waals surface area contributed by atoms with Crippen LogP contribution in [0.4, 0.5) is 11.4 Å². The van der Waals surface area contributed by atoms with E-state index in [0.717, 1.165) is 24.5 Å². The Kier molecular flexibility index (Phi) is 6.32. The molecule has 0 atom stereocenters. The van der Waals surface area contributed by atoms with E-state index in [1.807, 2.05) is 29.2 Å². The molecule has 2 aromatic carbocycles. The quantitative estimate of drug-likeness (QED) is 0.722. The molecule has 0 N–H and O–H groups in total. The molecule has 0 saturated carbocycles. The third kappa shape index (κ3) is 4.82. The fourth-order valence-electron chi connectivity index (χ4n) is 3.52. The van der Waals surface area contributed by atoms with E-state index in [1.54, 1.807) is 38.3 Å². The number of ether oxygens (including phenoxy) is 1. The third-order valence-corrected chi connectivity index (χ3v) is 6.36. The minimum absolute atomic E-state index is 0.0339. The lowest BCUT2D eigenvalue weighted by Gasteiger charge is -2.36. The van der Waals surface area contributed by atoms with Crippen LogP contribution in [0.3, 0.4) is 0 Å². The highest BCUT2D eigenvalue weighted by Crippen LogP contribution is 2.22. The summed E-state index contributed by atoms with van der Waals surface area (Å²) in [6, 6.07) is 14.7. The fourth-order valence-corrected chi connectivity index (χ4v) is 4.50. The van der Waals surface area contributed by atoms with Crippen LogP contribution in [0.15, 0.2) is 48.5 Å². The van der Waals surface area contributed by atoms with Crippen LogP contribution in [0.5, 0.6) is 5.75 Å². The first kappa shape index (κ1) is 21.0. The molecule has 1 aliphatic heterocycles. The maximum Gasteiger partial charge on any atom is 0.253 e. The van der Waals surface area contributed by atoms with E-state index in [-0.39, 0.29) is 5.91 Å². The van der Waals surface area contributed by atoms with Crippen molar-refractivity contribution in [2.24, 2.45) is 0 Å². The number of methoxy groups -OCH3 is 1. The van der Waals surface area contributed by atoms with Crippen LogP contribution in [0.25, 0.3) is 0 Å². The Bertz CT molecular complexity index is 935. The van der Waals surface area contributed by atoms with Crippen LogP contribution in [0.1, 0.15) is 17.3 Å². The molecular weight excluding hydrogens is 390 g/mol. The predicted octanol–water partition coefficient (Wildman–Crippen LogP) is 2.44. The Morgan fingerprint density at radius 1 is 1.00 bits per heavy atom. The summed E-state index contributed by atoms with van der Waals surface area (Å²) >= 11 is 0. The van der Waals surface area contributed by atoms with Gasteiger partial charge in [0.1, 0.15) is 5.75 Å². The zero-order chi connectivity index (χ0) is 21.0. The van der Waals surface area contributed by atoms with Crippen molar-refractivity contribution in [1.29, 1.82) is 0 Å². The number of hydrogen-bond acceptors (Lipinski definition) is 5. The second-order valence-corrected chi connectivity index (χ2v) is 8.86. The molecule has 1 heterocycles. The van der Waals surface area contributed by atoms with Crippen molar-refractivity contribution >= 4 is 27.3 Å². The Hall–Kier alpha value is -2.74. The number of rotatable bonds is 6. The number of anilines is 2. The van der Waals surface area contributed by atoms with Crippen molar-refractivity contribution in [3.05, 3.63) is 54.1 Å². The van der Waals surface area contributed by atoms with Crippen molar-refractivity contribution in [3.8, 4) is 5.75 Å². The number of sulfonamides is 1. The molecule has 29 heavy (non-hydrogen) atoms. The van der Waals surface area contributed by atoms with Gasteiger partial charge in [0.25, 0.3) is 5.91 Å². The van der Waals surface area contributed by atoms with Crippen LogP contribution in [-0.4, -0.2) is 65.3 Å². The summed E-state index contributed by atoms with van der Waals surface area (Å²) in [5, 5.41) is 0. The molecule has 0 aliphatic carbocycles. The highest BCUT2D eigenvalue weighted by molar-refractivity contribution is 7.92. The summed E-state index contributed by atoms with van der Waals surface area (Å²) < 4.78 is 30.2. The molecule has 3 rings (SSSR count). The number of carbonyl (C=O) groups excluding carboxylic acids is 1. The van der Waals surface area contributed by atoms with Gasteiger partial charge in [-0.25, -0.2) is 8.42 Å². The van der Waals surface area contributed by atoms with Gasteiger partial charge in [-0.2, -0.15) is 0 Å². The molecule has 1 aliphatic rings. The molecular formula is C21H27N3O4S. The largest absolute Gasteiger partial charge is 0.497 e. The Morgan fingerprint density at radius 3 is 2.07 bits per heavy atom. The molecule has 2 aromatic rings. The van der Waals surface area contributed by atoms with Gasteiger partial charge in [0.15, 0.2) is 0 Å². The Morgan fingerprint density at radius 2 is 1.59 bits per heavy atom. The minimum atomic E-state index is -3.33. The number of nitrogens with zero attached hydrogens (tertiary/aromatic N) is 3. The molecule has 0 bridgehead atoms. The lowest BCUT2D eigenvalue weighted by Crippen LogP contribution is -2.48. The van der Waals surface area contributed by atoms with E-state index in [2.05, 4.69) is 4.90 Å². The SMILES string of the molecule is CCN(c1ccc(C(=O)N2CCN(c3ccc(OC)cc3)CC2)cc1)S(C)(=O)=O. The molecule has 156 valence electrons. The van der Waals surface area contributed by atoms with Gasteiger partial charge in [-0.15, -0.1) is 0 Å². The highest BCUT2D eigenvalue weighted by atomic mass is 32.2. The smallest absolute Gasteiger partial charge is 0.253 e. The third-order valence-electron chi connectivity index (χ3n) is 5.09. The van der Waals surface area contributed by atoms with E-state index in [0.29, 0.717) is 30.9 Å². The maximum atomic E-state index is 12.8. The van der Waals surface area contributed by atoms with Gasteiger partial charge < -0.3 is 14.5 Å². The maximum absolute atomic E-state index is 12.8. The van der Waals surface area contributed by atoms with Gasteiger partial charge in [0.2, 0.25) is 10.0 Å². The molecule has 1 fully saturated rings. The summed E-state index contributed by atoms with van der Waals surface area (Å²) in [6.07, 6.45) is 1.18. The zero-order valence-corrected chi connectivity index (χ0v) is 17.9. The van der Waals surface area contributed by atoms with E-state index < -0.39 is 10.0 Å². The standard InChI is InChI=1S/C21H27N3O4S/c1-4-24(29(3,26)27)19-7-5-17(6-8-19)21(25)23-15-13-22(14-16-23)18-9-11-20(28-2)12-10-18/h5-12H,4,13-16H2,1-3H3. The van der Waals surface area contributed by atoms with E-state index in [1.165, 1.54) is 10.6 Å². The molecule has 1 saturated heterocycles. The average molecular weight is 418 g/mol. The summed E-state index contributed by atoms with van der Waals surface area (Å²) in [7, 11) is -1.69. The highest BCUT2D eigenvalue weighted by Gasteiger charge is 2.23. The normalized spacial score (nSPS) is 14.6. The summed E-state index contributed by atoms with van der Waals surface area (Å²) in [5.74, 6) is 0.789. The lowest BCUT2D eigenvalue weighted by molar-refractivity contribution is 0.0747. The molecule has 8 heteroatoms. The molecule has 0 unspecified atom stereocenters. The summed E-state index contributed by atoms with van der Waals surface area (Å²) in [6.45, 7) is 4.91. The van der Waals surface area contributed by atoms with E-state index in [4.69, 9.17) is 4.74 Å². The fraction of sp³-hybridized carbons (Fsp3) is 0.381. The van der Waals surface area contributed by atoms with Crippen LogP contribution in [0, 0.1) is 0 Å². The van der Waals surface area contributed by atoms with Gasteiger partial charge in [-0.1, -0.05) is 0 Å². The van der Waals surface area contributed by atoms with Crippen molar-refractivity contribution in [2.45, 2.75) is 6.92 Å². The number of hydrogen-bond donors (Lipinski definition) is 0. The molecule has 7 nitrogen and oxygen atoms in total. The number of benzene rings is 2. The monoisotopic (exact) mass is 417 g/mol. The van der Waals surface area contributed by atoms with Crippen LogP contribution in [0.2, 0.25) is 0 Å². The van der Waals surface area contributed by atoms with E-state index >= 15 is 0 Å². The second-order valence-electron chi connectivity index (χ2n) is 6.95. The van der Waals surface area contributed by atoms with E-state index in [9.17, 15) is 13.2 Å². The first-order valence-electron chi connectivity index (χ1n) is 9.59. The van der Waals surface area contributed by atoms with Crippen molar-refractivity contribution < 1.29 is 17.9 Å². The van der Waals surface area contributed by atoms with Gasteiger partial charge in [-0.3, -0.25) is 9.10 Å². The summed E-state index contributed by atoms with van der Waals surface area (Å²) in [4.78, 5) is 16.9. The topological polar surface area (TPSA) is 70.2 Å². The summed E-state index contributed by atoms with van der Waals surface area (Å²) in [5.41, 5.74) is 2.25. The predicted molar refractivity (Wildman–Crippen MR) is 115 cm³/mol. The Balaban J connectivity index is 1.63. The minimum Gasteiger partial charge on any atom is -0.497 e. The number of piperazine rings is 1. The van der Waals surface area contributed by atoms with Gasteiger partial charge in [-0.05, 0) is 55.5 Å². The van der Waals surface area contributed by atoms with Crippen molar-refractivity contribution in [3.63, 3.8) is 0 Å². The first-order valence-corrected chi connectivity index (χ1v) is 11.4. The van der Waals surface area contributed by atoms with Crippen molar-refractivity contribution in [2.75, 3.05) is 55.3 Å². The average Bonchev–Trinajstić information content (AvgIpc) is 2.73. The first-order chi connectivity index (χ1) is 13.8. The Labute approximate surface area is 172 Å². The van der Waals surface area contributed by atoms with Crippen molar-refractivity contribution in [1.82, 2.24) is 4.90 Å². The van der Waals surface area contributed by atoms with Gasteiger partial charge in [0, 0.05) is 44.0 Å². The molecule has 0 spiro atoms. The lowest BCUT2D eigenvalue weighted by atomic mass is 10.1. The van der Waals surface area contributed by atoms with Crippen LogP contribution < -0.4 is 13.9 Å². The molecule has 1 amide bonds. The number of amides is 1.